The van der Waals surface area contributed by atoms with Gasteiger partial charge in [0, 0.05) is 30.5 Å². The third kappa shape index (κ3) is 4.11. The topological polar surface area (TPSA) is 78.1 Å². The molecule has 0 spiro atoms. The number of H-pyrrole nitrogens is 1. The molecular weight excluding hydrogens is 352 g/mol. The van der Waals surface area contributed by atoms with Crippen molar-refractivity contribution in [1.82, 2.24) is 15.1 Å². The van der Waals surface area contributed by atoms with Crippen molar-refractivity contribution in [2.45, 2.75) is 50.9 Å². The fourth-order valence-corrected chi connectivity index (χ4v) is 4.51. The highest BCUT2D eigenvalue weighted by Gasteiger charge is 2.31. The molecular formula is C22H28N4O2. The lowest BCUT2D eigenvalue weighted by Gasteiger charge is -2.35. The number of likely N-dealkylation sites (tertiary alicyclic amines) is 1. The zero-order chi connectivity index (χ0) is 19.3. The fraction of sp³-hybridized carbons (Fsp3) is 0.500. The van der Waals surface area contributed by atoms with Crippen molar-refractivity contribution in [3.05, 3.63) is 47.8 Å². The summed E-state index contributed by atoms with van der Waals surface area (Å²) in [5.41, 5.74) is 2.25. The molecule has 1 aromatic heterocycles. The number of aromatic amines is 1. The standard InChI is InChI=1S/C22H28N4O2/c27-21(16-8-3-1-4-9-16)24-19-14-23-25-20(19)18-12-7-13-26(15-18)22(28)17-10-5-2-6-11-17/h1,3-4,8-9,14,17-18H,2,5-7,10-13,15H2,(H,23,25)(H,24,27)/t18-/m1/s1. The summed E-state index contributed by atoms with van der Waals surface area (Å²) in [6, 6.07) is 9.17. The largest absolute Gasteiger partial charge is 0.342 e. The van der Waals surface area contributed by atoms with Crippen molar-refractivity contribution in [1.29, 1.82) is 0 Å². The van der Waals surface area contributed by atoms with Crippen LogP contribution in [0.15, 0.2) is 36.5 Å². The number of hydrogen-bond donors (Lipinski definition) is 2. The maximum absolute atomic E-state index is 12.9. The van der Waals surface area contributed by atoms with E-state index < -0.39 is 0 Å². The molecule has 1 aliphatic heterocycles. The highest BCUT2D eigenvalue weighted by Crippen LogP contribution is 2.33. The van der Waals surface area contributed by atoms with Crippen LogP contribution in [0.1, 0.15) is 66.9 Å². The number of hydrogen-bond acceptors (Lipinski definition) is 3. The van der Waals surface area contributed by atoms with Gasteiger partial charge in [-0.15, -0.1) is 0 Å². The Hall–Kier alpha value is -2.63. The zero-order valence-electron chi connectivity index (χ0n) is 16.2. The van der Waals surface area contributed by atoms with Gasteiger partial charge in [0.25, 0.3) is 5.91 Å². The molecule has 1 aliphatic carbocycles. The Morgan fingerprint density at radius 3 is 2.61 bits per heavy atom. The Balaban J connectivity index is 1.43. The number of anilines is 1. The van der Waals surface area contributed by atoms with Gasteiger partial charge in [0.2, 0.25) is 5.91 Å². The molecule has 0 bridgehead atoms. The van der Waals surface area contributed by atoms with E-state index in [0.717, 1.165) is 37.9 Å². The molecule has 28 heavy (non-hydrogen) atoms. The van der Waals surface area contributed by atoms with Gasteiger partial charge in [-0.3, -0.25) is 14.7 Å². The smallest absolute Gasteiger partial charge is 0.255 e. The minimum Gasteiger partial charge on any atom is -0.342 e. The number of nitrogens with one attached hydrogen (secondary N) is 2. The number of nitrogens with zero attached hydrogens (tertiary/aromatic N) is 2. The van der Waals surface area contributed by atoms with Crippen LogP contribution in [0.2, 0.25) is 0 Å². The third-order valence-corrected chi connectivity index (χ3v) is 6.05. The number of rotatable bonds is 4. The number of amides is 2. The molecule has 1 atom stereocenters. The first-order valence-corrected chi connectivity index (χ1v) is 10.4. The van der Waals surface area contributed by atoms with Crippen LogP contribution in [0.3, 0.4) is 0 Å². The molecule has 1 aromatic carbocycles. The van der Waals surface area contributed by atoms with E-state index >= 15 is 0 Å². The molecule has 2 N–H and O–H groups in total. The number of piperidine rings is 1. The summed E-state index contributed by atoms with van der Waals surface area (Å²) in [5, 5.41) is 10.2. The lowest BCUT2D eigenvalue weighted by molar-refractivity contribution is -0.137. The first-order chi connectivity index (χ1) is 13.7. The van der Waals surface area contributed by atoms with Gasteiger partial charge in [0.1, 0.15) is 0 Å². The van der Waals surface area contributed by atoms with Crippen molar-refractivity contribution >= 4 is 17.5 Å². The SMILES string of the molecule is O=C(Nc1cn[nH]c1[C@@H]1CCCN(C(=O)C2CCCCC2)C1)c1ccccc1. The summed E-state index contributed by atoms with van der Waals surface area (Å²) >= 11 is 0. The molecule has 4 rings (SSSR count). The summed E-state index contributed by atoms with van der Waals surface area (Å²) in [5.74, 6) is 0.550. The third-order valence-electron chi connectivity index (χ3n) is 6.05. The summed E-state index contributed by atoms with van der Waals surface area (Å²) < 4.78 is 0. The molecule has 6 heteroatoms. The van der Waals surface area contributed by atoms with Crippen molar-refractivity contribution in [2.24, 2.45) is 5.92 Å². The van der Waals surface area contributed by atoms with E-state index in [0.29, 0.717) is 23.7 Å². The molecule has 148 valence electrons. The van der Waals surface area contributed by atoms with Crippen molar-refractivity contribution in [2.75, 3.05) is 18.4 Å². The van der Waals surface area contributed by atoms with E-state index in [1.54, 1.807) is 18.3 Å². The number of carbonyl (C=O) groups is 2. The summed E-state index contributed by atoms with van der Waals surface area (Å²) in [4.78, 5) is 27.5. The van der Waals surface area contributed by atoms with Crippen molar-refractivity contribution in [3.8, 4) is 0 Å². The monoisotopic (exact) mass is 380 g/mol. The fourth-order valence-electron chi connectivity index (χ4n) is 4.51. The van der Waals surface area contributed by atoms with E-state index in [-0.39, 0.29) is 17.7 Å². The second kappa shape index (κ2) is 8.59. The predicted octanol–water partition coefficient (Wildman–Crippen LogP) is 3.95. The molecule has 2 heterocycles. The predicted molar refractivity (Wildman–Crippen MR) is 108 cm³/mol. The molecule has 0 unspecified atom stereocenters. The molecule has 2 aliphatic rings. The van der Waals surface area contributed by atoms with Gasteiger partial charge in [-0.05, 0) is 37.8 Å². The summed E-state index contributed by atoms with van der Waals surface area (Å²) in [6.07, 6.45) is 9.29. The molecule has 2 aromatic rings. The Morgan fingerprint density at radius 1 is 1.04 bits per heavy atom. The molecule has 2 amide bonds. The number of carbonyl (C=O) groups excluding carboxylic acids is 2. The van der Waals surface area contributed by atoms with Crippen LogP contribution in [-0.2, 0) is 4.79 Å². The van der Waals surface area contributed by atoms with E-state index in [1.807, 2.05) is 23.1 Å². The average Bonchev–Trinajstić information content (AvgIpc) is 3.22. The maximum Gasteiger partial charge on any atom is 0.255 e. The van der Waals surface area contributed by atoms with Crippen LogP contribution < -0.4 is 5.32 Å². The molecule has 0 radical (unpaired) electrons. The van der Waals surface area contributed by atoms with Crippen LogP contribution in [-0.4, -0.2) is 40.0 Å². The maximum atomic E-state index is 12.9. The van der Waals surface area contributed by atoms with E-state index in [9.17, 15) is 9.59 Å². The summed E-state index contributed by atoms with van der Waals surface area (Å²) in [6.45, 7) is 1.54. The minimum absolute atomic E-state index is 0.144. The Morgan fingerprint density at radius 2 is 1.82 bits per heavy atom. The zero-order valence-corrected chi connectivity index (χ0v) is 16.2. The van der Waals surface area contributed by atoms with E-state index in [1.165, 1.54) is 19.3 Å². The van der Waals surface area contributed by atoms with Crippen LogP contribution in [0.4, 0.5) is 5.69 Å². The molecule has 1 saturated heterocycles. The molecule has 1 saturated carbocycles. The van der Waals surface area contributed by atoms with Gasteiger partial charge in [0.15, 0.2) is 0 Å². The first kappa shape index (κ1) is 18.7. The number of benzene rings is 1. The summed E-state index contributed by atoms with van der Waals surface area (Å²) in [7, 11) is 0. The van der Waals surface area contributed by atoms with Crippen LogP contribution in [0.25, 0.3) is 0 Å². The normalized spacial score (nSPS) is 20.7. The molecule has 6 nitrogen and oxygen atoms in total. The highest BCUT2D eigenvalue weighted by molar-refractivity contribution is 6.04. The Labute approximate surface area is 165 Å². The highest BCUT2D eigenvalue weighted by atomic mass is 16.2. The Kier molecular flexibility index (Phi) is 5.74. The average molecular weight is 380 g/mol. The van der Waals surface area contributed by atoms with Gasteiger partial charge in [-0.2, -0.15) is 5.10 Å². The van der Waals surface area contributed by atoms with Gasteiger partial charge < -0.3 is 10.2 Å². The van der Waals surface area contributed by atoms with Crippen molar-refractivity contribution in [3.63, 3.8) is 0 Å². The van der Waals surface area contributed by atoms with Crippen LogP contribution in [0.5, 0.6) is 0 Å². The minimum atomic E-state index is -0.144. The van der Waals surface area contributed by atoms with E-state index in [2.05, 4.69) is 15.5 Å². The van der Waals surface area contributed by atoms with Gasteiger partial charge >= 0.3 is 0 Å². The molecule has 2 fully saturated rings. The Bertz CT molecular complexity index is 811. The first-order valence-electron chi connectivity index (χ1n) is 10.4. The lowest BCUT2D eigenvalue weighted by Crippen LogP contribution is -2.43. The van der Waals surface area contributed by atoms with Gasteiger partial charge in [-0.25, -0.2) is 0 Å². The van der Waals surface area contributed by atoms with E-state index in [4.69, 9.17) is 0 Å². The van der Waals surface area contributed by atoms with Crippen LogP contribution >= 0.6 is 0 Å². The van der Waals surface area contributed by atoms with Crippen molar-refractivity contribution < 1.29 is 9.59 Å². The second-order valence-corrected chi connectivity index (χ2v) is 7.98. The quantitative estimate of drug-likeness (QED) is 0.843. The second-order valence-electron chi connectivity index (χ2n) is 7.98. The lowest BCUT2D eigenvalue weighted by atomic mass is 9.86. The van der Waals surface area contributed by atoms with Gasteiger partial charge in [-0.1, -0.05) is 37.5 Å². The van der Waals surface area contributed by atoms with Gasteiger partial charge in [0.05, 0.1) is 17.6 Å². The number of aromatic nitrogens is 2. The van der Waals surface area contributed by atoms with Crippen LogP contribution in [0, 0.1) is 5.92 Å².